The Morgan fingerprint density at radius 2 is 1.41 bits per heavy atom. The predicted octanol–water partition coefficient (Wildman–Crippen LogP) is -0.135. The van der Waals surface area contributed by atoms with Crippen molar-refractivity contribution in [1.29, 1.82) is 0 Å². The largest absolute Gasteiger partial charge is 0.377 e. The first-order valence-corrected chi connectivity index (χ1v) is 5.48. The second-order valence-electron chi connectivity index (χ2n) is 3.85. The van der Waals surface area contributed by atoms with Crippen molar-refractivity contribution < 1.29 is 19.1 Å². The van der Waals surface area contributed by atoms with Crippen LogP contribution in [-0.2, 0) is 19.1 Å². The first-order valence-electron chi connectivity index (χ1n) is 5.48. The van der Waals surface area contributed by atoms with Crippen LogP contribution >= 0.6 is 0 Å². The topological polar surface area (TPSA) is 81.9 Å². The van der Waals surface area contributed by atoms with Crippen LogP contribution in [0.15, 0.2) is 0 Å². The van der Waals surface area contributed by atoms with Crippen LogP contribution in [0.25, 0.3) is 0 Å². The first-order chi connectivity index (χ1) is 7.91. The van der Waals surface area contributed by atoms with Crippen LogP contribution in [0.2, 0.25) is 0 Å². The highest BCUT2D eigenvalue weighted by atomic mass is 16.6. The molecule has 102 valence electrons. The monoisotopic (exact) mass is 248 g/mol. The Morgan fingerprint density at radius 3 is 1.47 bits per heavy atom. The van der Waals surface area contributed by atoms with Gasteiger partial charge in [-0.2, -0.15) is 0 Å². The fraction of sp³-hybridized carbons (Fsp3) is 0.818. The van der Waals surface area contributed by atoms with Gasteiger partial charge in [0.1, 0.15) is 0 Å². The van der Waals surface area contributed by atoms with Gasteiger partial charge in [0.15, 0.2) is 0 Å². The lowest BCUT2D eigenvalue weighted by Crippen LogP contribution is -2.17. The Balaban J connectivity index is 0. The number of primary amides is 1. The third-order valence-electron chi connectivity index (χ3n) is 1.52. The zero-order valence-electron chi connectivity index (χ0n) is 11.1. The Bertz CT molecular complexity index is 180. The first kappa shape index (κ1) is 18.2. The van der Waals surface area contributed by atoms with Crippen molar-refractivity contribution in [2.45, 2.75) is 13.8 Å². The van der Waals surface area contributed by atoms with Gasteiger partial charge < -0.3 is 20.1 Å². The minimum absolute atomic E-state index is 0.00926. The number of rotatable bonds is 2. The molecule has 0 aromatic heterocycles. The number of carbonyl (C=O) groups excluding carboxylic acids is 2. The molecule has 1 heterocycles. The molecular weight excluding hydrogens is 224 g/mol. The number of hydrogen-bond donors (Lipinski definition) is 1. The second kappa shape index (κ2) is 12.9. The zero-order valence-corrected chi connectivity index (χ0v) is 11.1. The molecule has 1 aliphatic heterocycles. The fourth-order valence-electron chi connectivity index (χ4n) is 0.440. The molecule has 0 saturated carbocycles. The molecule has 0 bridgehead atoms. The summed E-state index contributed by atoms with van der Waals surface area (Å²) >= 11 is 0. The fourth-order valence-corrected chi connectivity index (χ4v) is 0.440. The highest BCUT2D eigenvalue weighted by Crippen LogP contribution is 1.85. The van der Waals surface area contributed by atoms with Crippen LogP contribution in [0.1, 0.15) is 13.8 Å². The van der Waals surface area contributed by atoms with Crippen molar-refractivity contribution >= 4 is 12.3 Å². The molecule has 0 aliphatic carbocycles. The highest BCUT2D eigenvalue weighted by molar-refractivity contribution is 5.75. The number of ether oxygens (including phenoxy) is 2. The third kappa shape index (κ3) is 20.8. The van der Waals surface area contributed by atoms with Gasteiger partial charge in [-0.15, -0.1) is 0 Å². The molecule has 0 aromatic carbocycles. The Kier molecular flexibility index (Phi) is 13.9. The molecule has 6 heteroatoms. The molecule has 0 aromatic rings. The molecule has 1 aliphatic rings. The summed E-state index contributed by atoms with van der Waals surface area (Å²) in [6.07, 6.45) is 0.750. The number of carbonyl (C=O) groups is 2. The number of hydrogen-bond acceptors (Lipinski definition) is 4. The van der Waals surface area contributed by atoms with Crippen LogP contribution in [0.5, 0.6) is 0 Å². The van der Waals surface area contributed by atoms with E-state index in [1.54, 1.807) is 27.9 Å². The molecule has 1 rings (SSSR count). The van der Waals surface area contributed by atoms with Crippen molar-refractivity contribution in [3.63, 3.8) is 0 Å². The Labute approximate surface area is 103 Å². The molecule has 0 spiro atoms. The van der Waals surface area contributed by atoms with Crippen molar-refractivity contribution in [1.82, 2.24) is 4.90 Å². The predicted molar refractivity (Wildman–Crippen MR) is 65.4 cm³/mol. The molecule has 0 radical (unpaired) electrons. The normalized spacial score (nSPS) is 13.7. The Hall–Kier alpha value is -1.14. The summed E-state index contributed by atoms with van der Waals surface area (Å²) in [6.45, 7) is 6.64. The molecular formula is C11H24N2O4. The van der Waals surface area contributed by atoms with Gasteiger partial charge in [-0.05, 0) is 0 Å². The summed E-state index contributed by atoms with van der Waals surface area (Å²) in [6, 6.07) is 0. The van der Waals surface area contributed by atoms with Gasteiger partial charge in [-0.25, -0.2) is 0 Å². The quantitative estimate of drug-likeness (QED) is 0.690. The van der Waals surface area contributed by atoms with Gasteiger partial charge in [0.05, 0.1) is 26.4 Å². The summed E-state index contributed by atoms with van der Waals surface area (Å²) in [5, 5.41) is 0. The van der Waals surface area contributed by atoms with Crippen molar-refractivity contribution in [3.8, 4) is 0 Å². The maximum absolute atomic E-state index is 9.92. The summed E-state index contributed by atoms with van der Waals surface area (Å²) in [5.74, 6) is -0.250. The van der Waals surface area contributed by atoms with Gasteiger partial charge in [-0.3, -0.25) is 9.59 Å². The number of nitrogens with zero attached hydrogens (tertiary/aromatic N) is 1. The molecule has 2 amide bonds. The van der Waals surface area contributed by atoms with Crippen molar-refractivity contribution in [2.75, 3.05) is 40.5 Å². The smallest absolute Gasteiger partial charge is 0.219 e. The minimum Gasteiger partial charge on any atom is -0.377 e. The Morgan fingerprint density at radius 1 is 1.18 bits per heavy atom. The van der Waals surface area contributed by atoms with E-state index in [9.17, 15) is 9.59 Å². The van der Waals surface area contributed by atoms with E-state index in [0.29, 0.717) is 0 Å². The lowest BCUT2D eigenvalue weighted by molar-refractivity contribution is -0.120. The molecule has 1 saturated heterocycles. The van der Waals surface area contributed by atoms with E-state index in [2.05, 4.69) is 0 Å². The summed E-state index contributed by atoms with van der Waals surface area (Å²) < 4.78 is 9.89. The maximum Gasteiger partial charge on any atom is 0.219 e. The van der Waals surface area contributed by atoms with Gasteiger partial charge in [0.2, 0.25) is 12.3 Å². The second-order valence-corrected chi connectivity index (χ2v) is 3.85. The van der Waals surface area contributed by atoms with Crippen LogP contribution in [0.4, 0.5) is 0 Å². The number of amides is 2. The molecule has 2 N–H and O–H groups in total. The van der Waals surface area contributed by atoms with E-state index in [1.807, 2.05) is 0 Å². The lowest BCUT2D eigenvalue weighted by Gasteiger charge is -2.09. The van der Waals surface area contributed by atoms with Gasteiger partial charge >= 0.3 is 0 Å². The molecule has 17 heavy (non-hydrogen) atoms. The van der Waals surface area contributed by atoms with Crippen LogP contribution in [0.3, 0.4) is 0 Å². The van der Waals surface area contributed by atoms with Gasteiger partial charge in [0.25, 0.3) is 0 Å². The van der Waals surface area contributed by atoms with E-state index in [4.69, 9.17) is 15.2 Å². The average molecular weight is 248 g/mol. The molecule has 1 fully saturated rings. The standard InChI is InChI=1S/C4H9NO.C4H8O2.C3H7NO/c1-3(2)4(5)6;1-2-6-4-3-5-1;1-4(2)3-5/h3H,1-2H3,(H2,5,6);1-4H2;3H,1-2H3. The highest BCUT2D eigenvalue weighted by Gasteiger charge is 1.96. The van der Waals surface area contributed by atoms with Gasteiger partial charge in [-0.1, -0.05) is 13.8 Å². The van der Waals surface area contributed by atoms with Crippen LogP contribution < -0.4 is 5.73 Å². The maximum atomic E-state index is 9.92. The summed E-state index contributed by atoms with van der Waals surface area (Å²) in [5.41, 5.74) is 4.80. The van der Waals surface area contributed by atoms with Crippen molar-refractivity contribution in [3.05, 3.63) is 0 Å². The van der Waals surface area contributed by atoms with Crippen molar-refractivity contribution in [2.24, 2.45) is 11.7 Å². The third-order valence-corrected chi connectivity index (χ3v) is 1.52. The molecule has 0 atom stereocenters. The summed E-state index contributed by atoms with van der Waals surface area (Å²) in [7, 11) is 3.38. The molecule has 0 unspecified atom stereocenters. The van der Waals surface area contributed by atoms with Crippen LogP contribution in [0, 0.1) is 5.92 Å². The average Bonchev–Trinajstić information content (AvgIpc) is 2.32. The van der Waals surface area contributed by atoms with E-state index < -0.39 is 0 Å². The van der Waals surface area contributed by atoms with E-state index in [-0.39, 0.29) is 11.8 Å². The van der Waals surface area contributed by atoms with E-state index >= 15 is 0 Å². The summed E-state index contributed by atoms with van der Waals surface area (Å²) in [4.78, 5) is 20.8. The number of nitrogens with two attached hydrogens (primary N) is 1. The zero-order chi connectivity index (χ0) is 13.7. The lowest BCUT2D eigenvalue weighted by atomic mass is 10.2. The minimum atomic E-state index is -0.241. The molecule has 6 nitrogen and oxygen atoms in total. The van der Waals surface area contributed by atoms with Gasteiger partial charge in [0, 0.05) is 20.0 Å². The SMILES string of the molecule is C1COCCO1.CC(C)C(N)=O.CN(C)C=O. The van der Waals surface area contributed by atoms with E-state index in [1.165, 1.54) is 4.90 Å². The van der Waals surface area contributed by atoms with Crippen LogP contribution in [-0.4, -0.2) is 57.7 Å². The van der Waals surface area contributed by atoms with E-state index in [0.717, 1.165) is 32.8 Å².